The number of aryl methyl sites for hydroxylation is 1. The number of rotatable bonds is 2. The van der Waals surface area contributed by atoms with E-state index in [1.807, 2.05) is 18.2 Å². The molecule has 0 amide bonds. The second-order valence-electron chi connectivity index (χ2n) is 3.90. The highest BCUT2D eigenvalue weighted by Gasteiger charge is 2.36. The van der Waals surface area contributed by atoms with Gasteiger partial charge in [-0.25, -0.2) is 0 Å². The van der Waals surface area contributed by atoms with Gasteiger partial charge in [-0.15, -0.1) is 0 Å². The zero-order valence-electron chi connectivity index (χ0n) is 9.53. The monoisotopic (exact) mass is 253 g/mol. The highest BCUT2D eigenvalue weighted by molar-refractivity contribution is 5.97. The van der Waals surface area contributed by atoms with E-state index in [9.17, 15) is 18.0 Å². The van der Waals surface area contributed by atoms with Gasteiger partial charge >= 0.3 is 6.18 Å². The van der Waals surface area contributed by atoms with E-state index in [0.29, 0.717) is 11.8 Å². The summed E-state index contributed by atoms with van der Waals surface area (Å²) in [5.74, 6) is -1.85. The third-order valence-electron chi connectivity index (χ3n) is 2.59. The van der Waals surface area contributed by atoms with Gasteiger partial charge in [-0.05, 0) is 42.8 Å². The summed E-state index contributed by atoms with van der Waals surface area (Å²) in [7, 11) is 0. The van der Waals surface area contributed by atoms with Gasteiger partial charge in [0.2, 0.25) is 0 Å². The molecule has 94 valence electrons. The molecule has 0 fully saturated rings. The van der Waals surface area contributed by atoms with E-state index in [1.165, 1.54) is 6.08 Å². The molecule has 2 aromatic rings. The molecular formula is C13H10F3NO. The molecule has 0 aromatic carbocycles. The van der Waals surface area contributed by atoms with E-state index in [4.69, 9.17) is 0 Å². The van der Waals surface area contributed by atoms with Crippen LogP contribution < -0.4 is 0 Å². The maximum atomic E-state index is 12.1. The summed E-state index contributed by atoms with van der Waals surface area (Å²) in [5, 5.41) is 0. The van der Waals surface area contributed by atoms with Crippen LogP contribution in [0.4, 0.5) is 13.2 Å². The lowest BCUT2D eigenvalue weighted by atomic mass is 10.2. The van der Waals surface area contributed by atoms with Crippen molar-refractivity contribution < 1.29 is 18.0 Å². The molecule has 0 aliphatic carbocycles. The number of carbonyl (C=O) groups excluding carboxylic acids is 1. The number of hydrogen-bond donors (Lipinski definition) is 0. The molecule has 0 atom stereocenters. The van der Waals surface area contributed by atoms with Crippen molar-refractivity contribution in [3.8, 4) is 0 Å². The molecule has 0 N–H and O–H groups in total. The van der Waals surface area contributed by atoms with Crippen LogP contribution in [0, 0.1) is 6.92 Å². The van der Waals surface area contributed by atoms with Gasteiger partial charge in [-0.2, -0.15) is 13.2 Å². The molecule has 2 rings (SSSR count). The molecule has 5 heteroatoms. The fourth-order valence-electron chi connectivity index (χ4n) is 1.74. The first-order chi connectivity index (χ1) is 8.39. The molecule has 0 unspecified atom stereocenters. The number of halogens is 3. The van der Waals surface area contributed by atoms with E-state index >= 15 is 0 Å². The van der Waals surface area contributed by atoms with Crippen molar-refractivity contribution in [2.24, 2.45) is 0 Å². The number of alkyl halides is 3. The zero-order chi connectivity index (χ0) is 13.3. The van der Waals surface area contributed by atoms with Crippen molar-refractivity contribution in [1.29, 1.82) is 0 Å². The maximum absolute atomic E-state index is 12.1. The van der Waals surface area contributed by atoms with Gasteiger partial charge in [0.05, 0.1) is 0 Å². The molecule has 2 nitrogen and oxygen atoms in total. The van der Waals surface area contributed by atoms with Gasteiger partial charge in [0, 0.05) is 17.4 Å². The number of ketones is 1. The quantitative estimate of drug-likeness (QED) is 0.752. The predicted molar refractivity (Wildman–Crippen MR) is 62.2 cm³/mol. The Morgan fingerprint density at radius 1 is 1.33 bits per heavy atom. The van der Waals surface area contributed by atoms with Gasteiger partial charge in [-0.1, -0.05) is 6.07 Å². The van der Waals surface area contributed by atoms with Crippen LogP contribution in [0.5, 0.6) is 0 Å². The van der Waals surface area contributed by atoms with Crippen LogP contribution in [0.3, 0.4) is 0 Å². The normalized spacial score (nSPS) is 12.4. The van der Waals surface area contributed by atoms with Crippen LogP contribution in [0.2, 0.25) is 0 Å². The van der Waals surface area contributed by atoms with Crippen LogP contribution in [-0.4, -0.2) is 16.4 Å². The largest absolute Gasteiger partial charge is 0.454 e. The van der Waals surface area contributed by atoms with Crippen LogP contribution in [0.1, 0.15) is 11.3 Å². The van der Waals surface area contributed by atoms with Crippen LogP contribution in [0.15, 0.2) is 36.5 Å². The Morgan fingerprint density at radius 2 is 2.06 bits per heavy atom. The SMILES string of the molecule is Cc1cc2ccccn2c1C=CC(=O)C(F)(F)F. The fourth-order valence-corrected chi connectivity index (χ4v) is 1.74. The minimum atomic E-state index is -4.82. The van der Waals surface area contributed by atoms with Crippen molar-refractivity contribution in [3.05, 3.63) is 47.8 Å². The summed E-state index contributed by atoms with van der Waals surface area (Å²) in [6.45, 7) is 1.78. The standard InChI is InChI=1S/C13H10F3NO/c1-9-8-10-4-2-3-7-17(10)11(9)5-6-12(18)13(14,15)16/h2-8H,1H3. The van der Waals surface area contributed by atoms with E-state index in [-0.39, 0.29) is 0 Å². The molecule has 0 aliphatic heterocycles. The molecule has 0 radical (unpaired) electrons. The Labute approximate surface area is 101 Å². The van der Waals surface area contributed by atoms with Crippen LogP contribution >= 0.6 is 0 Å². The molecule has 0 saturated carbocycles. The van der Waals surface area contributed by atoms with Crippen molar-refractivity contribution in [3.63, 3.8) is 0 Å². The van der Waals surface area contributed by atoms with Crippen molar-refractivity contribution in [2.45, 2.75) is 13.1 Å². The second-order valence-corrected chi connectivity index (χ2v) is 3.90. The number of hydrogen-bond acceptors (Lipinski definition) is 1. The minimum absolute atomic E-state index is 0.557. The van der Waals surface area contributed by atoms with Gasteiger partial charge < -0.3 is 4.40 Å². The predicted octanol–water partition coefficient (Wildman–Crippen LogP) is 3.39. The molecular weight excluding hydrogens is 243 g/mol. The van der Waals surface area contributed by atoms with Gasteiger partial charge in [0.1, 0.15) is 0 Å². The number of fused-ring (bicyclic) bond motifs is 1. The third kappa shape index (κ3) is 2.30. The van der Waals surface area contributed by atoms with Gasteiger partial charge in [-0.3, -0.25) is 4.79 Å². The Balaban J connectivity index is 2.41. The lowest BCUT2D eigenvalue weighted by Crippen LogP contribution is -2.19. The minimum Gasteiger partial charge on any atom is -0.317 e. The highest BCUT2D eigenvalue weighted by atomic mass is 19.4. The maximum Gasteiger partial charge on any atom is 0.454 e. The Kier molecular flexibility index (Phi) is 2.98. The van der Waals surface area contributed by atoms with Gasteiger partial charge in [0.25, 0.3) is 5.78 Å². The third-order valence-corrected chi connectivity index (χ3v) is 2.59. The number of aromatic nitrogens is 1. The summed E-state index contributed by atoms with van der Waals surface area (Å²) >= 11 is 0. The average Bonchev–Trinajstić information content (AvgIpc) is 2.60. The van der Waals surface area contributed by atoms with Crippen LogP contribution in [0.25, 0.3) is 11.6 Å². The molecule has 2 aromatic heterocycles. The smallest absolute Gasteiger partial charge is 0.317 e. The van der Waals surface area contributed by atoms with E-state index < -0.39 is 12.0 Å². The van der Waals surface area contributed by atoms with E-state index in [2.05, 4.69) is 0 Å². The number of nitrogens with zero attached hydrogens (tertiary/aromatic N) is 1. The molecule has 2 heterocycles. The average molecular weight is 253 g/mol. The first-order valence-corrected chi connectivity index (χ1v) is 5.25. The molecule has 0 aliphatic rings. The number of carbonyl (C=O) groups is 1. The summed E-state index contributed by atoms with van der Waals surface area (Å²) in [6, 6.07) is 7.30. The Bertz CT molecular complexity index is 623. The first kappa shape index (κ1) is 12.4. The lowest BCUT2D eigenvalue weighted by Gasteiger charge is -2.01. The van der Waals surface area contributed by atoms with Crippen molar-refractivity contribution >= 4 is 17.4 Å². The second kappa shape index (κ2) is 4.33. The molecule has 0 bridgehead atoms. The Hall–Kier alpha value is -2.04. The molecule has 0 saturated heterocycles. The summed E-state index contributed by atoms with van der Waals surface area (Å²) in [5.41, 5.74) is 2.25. The van der Waals surface area contributed by atoms with E-state index in [1.54, 1.807) is 23.6 Å². The fraction of sp³-hybridized carbons (Fsp3) is 0.154. The summed E-state index contributed by atoms with van der Waals surface area (Å²) < 4.78 is 38.0. The van der Waals surface area contributed by atoms with E-state index in [0.717, 1.165) is 11.1 Å². The van der Waals surface area contributed by atoms with Crippen molar-refractivity contribution in [1.82, 2.24) is 4.40 Å². The zero-order valence-corrected chi connectivity index (χ0v) is 9.53. The molecule has 18 heavy (non-hydrogen) atoms. The first-order valence-electron chi connectivity index (χ1n) is 5.25. The summed E-state index contributed by atoms with van der Waals surface area (Å²) in [4.78, 5) is 10.8. The Morgan fingerprint density at radius 3 is 2.72 bits per heavy atom. The topological polar surface area (TPSA) is 21.5 Å². The number of allylic oxidation sites excluding steroid dienone is 1. The number of pyridine rings is 1. The van der Waals surface area contributed by atoms with Crippen molar-refractivity contribution in [2.75, 3.05) is 0 Å². The highest BCUT2D eigenvalue weighted by Crippen LogP contribution is 2.20. The van der Waals surface area contributed by atoms with Gasteiger partial charge in [0.15, 0.2) is 0 Å². The lowest BCUT2D eigenvalue weighted by molar-refractivity contribution is -0.165. The summed E-state index contributed by atoms with van der Waals surface area (Å²) in [6.07, 6.45) is -1.34. The molecule has 0 spiro atoms. The van der Waals surface area contributed by atoms with Crippen LogP contribution in [-0.2, 0) is 4.79 Å².